The number of hydrogen-bond acceptors (Lipinski definition) is 6. The standard InChI is InChI=1S/C19H17N5O2.C2HF3O2/c25-18(22-16-7-10-21-15-4-2-1-3-13(15)16)14-11-17(23-24-19(14)26)12-5-8-20-9-6-12;3-2(4,5)1(6)7/h1-6,8-9,11,16,21H,7,10H2,(H,22,25)(H,24,26);(H,6,7). The van der Waals surface area contributed by atoms with Crippen molar-refractivity contribution >= 4 is 17.6 Å². The summed E-state index contributed by atoms with van der Waals surface area (Å²) in [5.74, 6) is -3.17. The van der Waals surface area contributed by atoms with E-state index in [2.05, 4.69) is 25.8 Å². The van der Waals surface area contributed by atoms with Crippen molar-refractivity contribution in [2.75, 3.05) is 11.9 Å². The minimum Gasteiger partial charge on any atom is -0.475 e. The van der Waals surface area contributed by atoms with Gasteiger partial charge in [0.25, 0.3) is 11.5 Å². The van der Waals surface area contributed by atoms with E-state index >= 15 is 0 Å². The number of para-hydroxylation sites is 1. The van der Waals surface area contributed by atoms with Crippen molar-refractivity contribution in [1.82, 2.24) is 20.5 Å². The number of carbonyl (C=O) groups excluding carboxylic acids is 1. The fourth-order valence-electron chi connectivity index (χ4n) is 3.10. The number of fused-ring (bicyclic) bond motifs is 1. The van der Waals surface area contributed by atoms with Crippen molar-refractivity contribution in [1.29, 1.82) is 0 Å². The quantitative estimate of drug-likeness (QED) is 0.471. The summed E-state index contributed by atoms with van der Waals surface area (Å²) in [6.45, 7) is 0.761. The molecule has 1 unspecified atom stereocenters. The van der Waals surface area contributed by atoms with Gasteiger partial charge in [0.05, 0.1) is 11.7 Å². The first-order valence-electron chi connectivity index (χ1n) is 9.60. The molecule has 3 aromatic rings. The highest BCUT2D eigenvalue weighted by molar-refractivity contribution is 5.95. The summed E-state index contributed by atoms with van der Waals surface area (Å²) in [6.07, 6.45) is -1.06. The van der Waals surface area contributed by atoms with Gasteiger partial charge in [0.1, 0.15) is 5.56 Å². The molecule has 0 bridgehead atoms. The molecule has 1 aliphatic heterocycles. The maximum Gasteiger partial charge on any atom is 0.490 e. The number of rotatable bonds is 3. The molecule has 1 atom stereocenters. The van der Waals surface area contributed by atoms with Crippen LogP contribution in [0.2, 0.25) is 0 Å². The van der Waals surface area contributed by atoms with E-state index in [-0.39, 0.29) is 11.6 Å². The van der Waals surface area contributed by atoms with Crippen LogP contribution in [0.25, 0.3) is 11.3 Å². The molecule has 1 aromatic carbocycles. The van der Waals surface area contributed by atoms with E-state index in [1.165, 1.54) is 6.07 Å². The number of amides is 1. The van der Waals surface area contributed by atoms with E-state index < -0.39 is 23.6 Å². The van der Waals surface area contributed by atoms with Gasteiger partial charge in [0, 0.05) is 30.2 Å². The monoisotopic (exact) mass is 461 g/mol. The van der Waals surface area contributed by atoms with Crippen LogP contribution in [-0.4, -0.2) is 44.9 Å². The minimum absolute atomic E-state index is 0.0443. The summed E-state index contributed by atoms with van der Waals surface area (Å²) in [7, 11) is 0. The van der Waals surface area contributed by atoms with E-state index in [1.807, 2.05) is 24.3 Å². The number of nitrogens with one attached hydrogen (secondary N) is 3. The van der Waals surface area contributed by atoms with Crippen LogP contribution in [0, 0.1) is 0 Å². The highest BCUT2D eigenvalue weighted by Crippen LogP contribution is 2.29. The van der Waals surface area contributed by atoms with Crippen LogP contribution in [0.1, 0.15) is 28.4 Å². The summed E-state index contributed by atoms with van der Waals surface area (Å²) < 4.78 is 31.7. The number of aliphatic carboxylic acids is 1. The van der Waals surface area contributed by atoms with Gasteiger partial charge in [0.2, 0.25) is 0 Å². The molecule has 1 aliphatic rings. The van der Waals surface area contributed by atoms with Crippen molar-refractivity contribution < 1.29 is 27.9 Å². The molecule has 0 spiro atoms. The van der Waals surface area contributed by atoms with E-state index in [4.69, 9.17) is 9.90 Å². The third kappa shape index (κ3) is 5.93. The smallest absolute Gasteiger partial charge is 0.475 e. The number of aromatic nitrogens is 3. The van der Waals surface area contributed by atoms with Crippen LogP contribution >= 0.6 is 0 Å². The summed E-state index contributed by atoms with van der Waals surface area (Å²) in [5.41, 5.74) is 2.85. The van der Waals surface area contributed by atoms with Gasteiger partial charge in [0.15, 0.2) is 0 Å². The predicted octanol–water partition coefficient (Wildman–Crippen LogP) is 2.75. The molecule has 4 N–H and O–H groups in total. The van der Waals surface area contributed by atoms with Crippen molar-refractivity contribution in [2.24, 2.45) is 0 Å². The fourth-order valence-corrected chi connectivity index (χ4v) is 3.10. The van der Waals surface area contributed by atoms with Crippen molar-refractivity contribution in [2.45, 2.75) is 18.6 Å². The van der Waals surface area contributed by atoms with Crippen LogP contribution in [-0.2, 0) is 4.79 Å². The predicted molar refractivity (Wildman–Crippen MR) is 112 cm³/mol. The molecule has 0 fully saturated rings. The Labute approximate surface area is 184 Å². The number of carbonyl (C=O) groups is 2. The highest BCUT2D eigenvalue weighted by atomic mass is 19.4. The molecule has 0 saturated carbocycles. The number of anilines is 1. The lowest BCUT2D eigenvalue weighted by Crippen LogP contribution is -2.35. The lowest BCUT2D eigenvalue weighted by Gasteiger charge is -2.27. The van der Waals surface area contributed by atoms with Gasteiger partial charge < -0.3 is 15.7 Å². The Morgan fingerprint density at radius 1 is 1.12 bits per heavy atom. The molecular weight excluding hydrogens is 443 g/mol. The molecule has 0 radical (unpaired) electrons. The normalized spacial score (nSPS) is 14.7. The molecule has 9 nitrogen and oxygen atoms in total. The zero-order valence-electron chi connectivity index (χ0n) is 16.9. The number of halogens is 3. The van der Waals surface area contributed by atoms with Gasteiger partial charge in [-0.2, -0.15) is 18.3 Å². The number of alkyl halides is 3. The average Bonchev–Trinajstić information content (AvgIpc) is 2.80. The second-order valence-electron chi connectivity index (χ2n) is 6.86. The molecule has 2 aromatic heterocycles. The fraction of sp³-hybridized carbons (Fsp3) is 0.190. The number of pyridine rings is 1. The molecule has 0 aliphatic carbocycles. The second-order valence-corrected chi connectivity index (χ2v) is 6.86. The van der Waals surface area contributed by atoms with Crippen LogP contribution in [0.15, 0.2) is 59.7 Å². The first-order chi connectivity index (χ1) is 15.7. The van der Waals surface area contributed by atoms with Crippen molar-refractivity contribution in [3.05, 3.63) is 76.3 Å². The number of hydrogen-bond donors (Lipinski definition) is 4. The Morgan fingerprint density at radius 2 is 1.79 bits per heavy atom. The lowest BCUT2D eigenvalue weighted by molar-refractivity contribution is -0.192. The molecule has 1 amide bonds. The van der Waals surface area contributed by atoms with E-state index in [1.54, 1.807) is 24.5 Å². The summed E-state index contributed by atoms with van der Waals surface area (Å²) in [4.78, 5) is 37.7. The lowest BCUT2D eigenvalue weighted by atomic mass is 9.97. The Bertz CT molecular complexity index is 1200. The van der Waals surface area contributed by atoms with Crippen LogP contribution in [0.4, 0.5) is 18.9 Å². The van der Waals surface area contributed by atoms with Gasteiger partial charge in [-0.05, 0) is 36.2 Å². The van der Waals surface area contributed by atoms with Gasteiger partial charge in [-0.15, -0.1) is 0 Å². The summed E-state index contributed by atoms with van der Waals surface area (Å²) in [6, 6.07) is 12.8. The zero-order chi connectivity index (χ0) is 24.0. The number of nitrogens with zero attached hydrogens (tertiary/aromatic N) is 2. The minimum atomic E-state index is -5.08. The largest absolute Gasteiger partial charge is 0.490 e. The van der Waals surface area contributed by atoms with E-state index in [0.717, 1.165) is 29.8 Å². The second kappa shape index (κ2) is 9.94. The number of H-pyrrole nitrogens is 1. The Morgan fingerprint density at radius 3 is 2.45 bits per heavy atom. The highest BCUT2D eigenvalue weighted by Gasteiger charge is 2.38. The van der Waals surface area contributed by atoms with Crippen LogP contribution in [0.3, 0.4) is 0 Å². The zero-order valence-corrected chi connectivity index (χ0v) is 16.9. The Hall–Kier alpha value is -4.22. The number of benzene rings is 1. The molecule has 12 heteroatoms. The SMILES string of the molecule is O=C(NC1CCNc2ccccc21)c1cc(-c2ccncc2)n[nH]c1=O.O=C(O)C(F)(F)F. The third-order valence-corrected chi connectivity index (χ3v) is 4.66. The van der Waals surface area contributed by atoms with Gasteiger partial charge in [-0.25, -0.2) is 9.89 Å². The van der Waals surface area contributed by atoms with Gasteiger partial charge in [-0.3, -0.25) is 14.6 Å². The maximum absolute atomic E-state index is 12.7. The molecule has 0 saturated heterocycles. The van der Waals surface area contributed by atoms with Crippen molar-refractivity contribution in [3.63, 3.8) is 0 Å². The molecule has 172 valence electrons. The van der Waals surface area contributed by atoms with E-state index in [9.17, 15) is 22.8 Å². The molecule has 4 rings (SSSR count). The van der Waals surface area contributed by atoms with Crippen molar-refractivity contribution in [3.8, 4) is 11.3 Å². The number of aromatic amines is 1. The molecular formula is C21H18F3N5O4. The topological polar surface area (TPSA) is 137 Å². The Kier molecular flexibility index (Phi) is 7.06. The van der Waals surface area contributed by atoms with Crippen LogP contribution in [0.5, 0.6) is 0 Å². The number of carboxylic acids is 1. The maximum atomic E-state index is 12.7. The summed E-state index contributed by atoms with van der Waals surface area (Å²) >= 11 is 0. The van der Waals surface area contributed by atoms with Gasteiger partial charge in [-0.1, -0.05) is 18.2 Å². The summed E-state index contributed by atoms with van der Waals surface area (Å²) in [5, 5.41) is 19.8. The average molecular weight is 461 g/mol. The first kappa shape index (κ1) is 23.4. The third-order valence-electron chi connectivity index (χ3n) is 4.66. The van der Waals surface area contributed by atoms with Gasteiger partial charge >= 0.3 is 12.1 Å². The molecule has 3 heterocycles. The Balaban J connectivity index is 0.000000383. The number of carboxylic acid groups (broad SMARTS) is 1. The van der Waals surface area contributed by atoms with Crippen LogP contribution < -0.4 is 16.2 Å². The molecule has 33 heavy (non-hydrogen) atoms. The first-order valence-corrected chi connectivity index (χ1v) is 9.60. The van der Waals surface area contributed by atoms with E-state index in [0.29, 0.717) is 5.69 Å².